The summed E-state index contributed by atoms with van der Waals surface area (Å²) in [6, 6.07) is 5.89. The van der Waals surface area contributed by atoms with E-state index >= 15 is 0 Å². The van der Waals surface area contributed by atoms with Gasteiger partial charge in [-0.05, 0) is 54.6 Å². The normalized spacial score (nSPS) is 10.7. The number of nitrogens with zero attached hydrogens (tertiary/aromatic N) is 2. The summed E-state index contributed by atoms with van der Waals surface area (Å²) >= 11 is 2.29. The zero-order valence-electron chi connectivity index (χ0n) is 10.8. The van der Waals surface area contributed by atoms with Crippen LogP contribution >= 0.6 is 22.6 Å². The molecule has 0 atom stereocenters. The summed E-state index contributed by atoms with van der Waals surface area (Å²) in [5.41, 5.74) is 11.2. The van der Waals surface area contributed by atoms with Gasteiger partial charge in [0.05, 0.1) is 5.69 Å². The van der Waals surface area contributed by atoms with Gasteiger partial charge in [0.25, 0.3) is 0 Å². The van der Waals surface area contributed by atoms with Gasteiger partial charge < -0.3 is 11.1 Å². The van der Waals surface area contributed by atoms with Crippen molar-refractivity contribution in [1.82, 2.24) is 9.78 Å². The SMILES string of the molecule is Cc1nn(C)c(C)c1CNc1ccc(N)cc1I. The summed E-state index contributed by atoms with van der Waals surface area (Å²) in [6.45, 7) is 4.91. The van der Waals surface area contributed by atoms with Crippen LogP contribution in [0.2, 0.25) is 0 Å². The lowest BCUT2D eigenvalue weighted by atomic mass is 10.2. The monoisotopic (exact) mass is 356 g/mol. The van der Waals surface area contributed by atoms with Crippen molar-refractivity contribution in [2.45, 2.75) is 20.4 Å². The highest BCUT2D eigenvalue weighted by molar-refractivity contribution is 14.1. The first-order valence-corrected chi connectivity index (χ1v) is 6.85. The van der Waals surface area contributed by atoms with Gasteiger partial charge in [0, 0.05) is 39.8 Å². The maximum absolute atomic E-state index is 5.74. The first-order valence-electron chi connectivity index (χ1n) is 5.77. The van der Waals surface area contributed by atoms with Crippen LogP contribution in [0.5, 0.6) is 0 Å². The largest absolute Gasteiger partial charge is 0.399 e. The number of hydrogen-bond donors (Lipinski definition) is 2. The molecule has 0 aliphatic rings. The molecule has 5 heteroatoms. The molecule has 0 radical (unpaired) electrons. The van der Waals surface area contributed by atoms with E-state index in [0.29, 0.717) is 0 Å². The van der Waals surface area contributed by atoms with E-state index in [-0.39, 0.29) is 0 Å². The van der Waals surface area contributed by atoms with Gasteiger partial charge in [-0.15, -0.1) is 0 Å². The van der Waals surface area contributed by atoms with E-state index in [2.05, 4.69) is 39.9 Å². The van der Waals surface area contributed by atoms with Gasteiger partial charge in [-0.2, -0.15) is 5.10 Å². The Labute approximate surface area is 121 Å². The summed E-state index contributed by atoms with van der Waals surface area (Å²) in [5, 5.41) is 7.85. The molecule has 1 aromatic carbocycles. The third-order valence-electron chi connectivity index (χ3n) is 3.11. The van der Waals surface area contributed by atoms with Crippen LogP contribution in [0.4, 0.5) is 11.4 Å². The third kappa shape index (κ3) is 2.60. The van der Waals surface area contributed by atoms with Crippen LogP contribution in [0.1, 0.15) is 17.0 Å². The van der Waals surface area contributed by atoms with E-state index in [9.17, 15) is 0 Å². The lowest BCUT2D eigenvalue weighted by Gasteiger charge is -2.09. The predicted molar refractivity (Wildman–Crippen MR) is 83.6 cm³/mol. The van der Waals surface area contributed by atoms with Gasteiger partial charge in [0.2, 0.25) is 0 Å². The minimum absolute atomic E-state index is 0.783. The van der Waals surface area contributed by atoms with Crippen LogP contribution in [-0.4, -0.2) is 9.78 Å². The molecule has 2 aromatic rings. The molecule has 0 aliphatic heterocycles. The fourth-order valence-electron chi connectivity index (χ4n) is 1.93. The summed E-state index contributed by atoms with van der Waals surface area (Å²) in [5.74, 6) is 0. The molecule has 0 bridgehead atoms. The molecule has 0 unspecified atom stereocenters. The standard InChI is InChI=1S/C13H17IN4/c1-8-11(9(2)18(3)17-8)7-16-13-5-4-10(15)6-12(13)14/h4-6,16H,7,15H2,1-3H3. The highest BCUT2D eigenvalue weighted by Gasteiger charge is 2.09. The van der Waals surface area contributed by atoms with Crippen LogP contribution in [0.25, 0.3) is 0 Å². The van der Waals surface area contributed by atoms with Crippen molar-refractivity contribution in [3.05, 3.63) is 38.7 Å². The Morgan fingerprint density at radius 3 is 2.67 bits per heavy atom. The van der Waals surface area contributed by atoms with Crippen LogP contribution in [-0.2, 0) is 13.6 Å². The van der Waals surface area contributed by atoms with Gasteiger partial charge >= 0.3 is 0 Å². The lowest BCUT2D eigenvalue weighted by molar-refractivity contribution is 0.730. The van der Waals surface area contributed by atoms with E-state index in [1.54, 1.807) is 0 Å². The van der Waals surface area contributed by atoms with Crippen molar-refractivity contribution >= 4 is 34.0 Å². The summed E-state index contributed by atoms with van der Waals surface area (Å²) in [7, 11) is 1.97. The van der Waals surface area contributed by atoms with Crippen LogP contribution in [0.3, 0.4) is 0 Å². The molecular weight excluding hydrogens is 339 g/mol. The Bertz CT molecular complexity index is 575. The molecule has 0 saturated heterocycles. The number of benzene rings is 1. The maximum atomic E-state index is 5.74. The maximum Gasteiger partial charge on any atom is 0.0646 e. The minimum atomic E-state index is 0.783. The Morgan fingerprint density at radius 2 is 2.11 bits per heavy atom. The summed E-state index contributed by atoms with van der Waals surface area (Å²) in [4.78, 5) is 0. The molecule has 0 fully saturated rings. The molecule has 0 aliphatic carbocycles. The third-order valence-corrected chi connectivity index (χ3v) is 4.00. The van der Waals surface area contributed by atoms with Crippen LogP contribution < -0.4 is 11.1 Å². The highest BCUT2D eigenvalue weighted by Crippen LogP contribution is 2.22. The molecule has 2 rings (SSSR count). The number of aryl methyl sites for hydroxylation is 2. The Morgan fingerprint density at radius 1 is 1.39 bits per heavy atom. The average molecular weight is 356 g/mol. The number of halogens is 1. The van der Waals surface area contributed by atoms with Crippen molar-refractivity contribution in [3.8, 4) is 0 Å². The molecule has 96 valence electrons. The summed E-state index contributed by atoms with van der Waals surface area (Å²) in [6.07, 6.45) is 0. The molecule has 18 heavy (non-hydrogen) atoms. The van der Waals surface area contributed by atoms with Crippen molar-refractivity contribution in [2.75, 3.05) is 11.1 Å². The zero-order valence-corrected chi connectivity index (χ0v) is 12.9. The smallest absolute Gasteiger partial charge is 0.0646 e. The molecular formula is C13H17IN4. The number of nitrogens with two attached hydrogens (primary N) is 1. The van der Waals surface area contributed by atoms with Crippen molar-refractivity contribution in [2.24, 2.45) is 7.05 Å². The van der Waals surface area contributed by atoms with Gasteiger partial charge in [-0.1, -0.05) is 0 Å². The van der Waals surface area contributed by atoms with Gasteiger partial charge in [-0.25, -0.2) is 0 Å². The fraction of sp³-hybridized carbons (Fsp3) is 0.308. The number of hydrogen-bond acceptors (Lipinski definition) is 3. The lowest BCUT2D eigenvalue weighted by Crippen LogP contribution is -2.04. The second kappa shape index (κ2) is 5.17. The Hall–Kier alpha value is -1.24. The number of aromatic nitrogens is 2. The molecule has 3 N–H and O–H groups in total. The first-order chi connectivity index (χ1) is 8.49. The van der Waals surface area contributed by atoms with E-state index in [0.717, 1.165) is 27.2 Å². The quantitative estimate of drug-likeness (QED) is 0.657. The Kier molecular flexibility index (Phi) is 3.79. The highest BCUT2D eigenvalue weighted by atomic mass is 127. The van der Waals surface area contributed by atoms with Crippen molar-refractivity contribution in [1.29, 1.82) is 0 Å². The number of nitrogen functional groups attached to an aromatic ring is 1. The van der Waals surface area contributed by atoms with Crippen LogP contribution in [0.15, 0.2) is 18.2 Å². The number of nitrogens with one attached hydrogen (secondary N) is 1. The molecule has 1 heterocycles. The van der Waals surface area contributed by atoms with Gasteiger partial charge in [0.1, 0.15) is 0 Å². The van der Waals surface area contributed by atoms with E-state index in [4.69, 9.17) is 5.73 Å². The molecule has 1 aromatic heterocycles. The Balaban J connectivity index is 2.16. The van der Waals surface area contributed by atoms with Crippen LogP contribution in [0, 0.1) is 17.4 Å². The second-order valence-corrected chi connectivity index (χ2v) is 5.53. The molecule has 0 amide bonds. The minimum Gasteiger partial charge on any atom is -0.399 e. The second-order valence-electron chi connectivity index (χ2n) is 4.37. The van der Waals surface area contributed by atoms with E-state index in [1.807, 2.05) is 36.9 Å². The zero-order chi connectivity index (χ0) is 13.3. The fourth-order valence-corrected chi connectivity index (χ4v) is 2.66. The first kappa shape index (κ1) is 13.2. The predicted octanol–water partition coefficient (Wildman–Crippen LogP) is 2.84. The van der Waals surface area contributed by atoms with Crippen molar-refractivity contribution in [3.63, 3.8) is 0 Å². The molecule has 4 nitrogen and oxygen atoms in total. The summed E-state index contributed by atoms with van der Waals surface area (Å²) < 4.78 is 3.05. The van der Waals surface area contributed by atoms with Gasteiger partial charge in [-0.3, -0.25) is 4.68 Å². The number of anilines is 2. The number of rotatable bonds is 3. The molecule has 0 spiro atoms. The molecule has 0 saturated carbocycles. The van der Waals surface area contributed by atoms with Gasteiger partial charge in [0.15, 0.2) is 0 Å². The van der Waals surface area contributed by atoms with Crippen molar-refractivity contribution < 1.29 is 0 Å². The topological polar surface area (TPSA) is 55.9 Å². The van der Waals surface area contributed by atoms with E-state index in [1.165, 1.54) is 11.3 Å². The van der Waals surface area contributed by atoms with E-state index < -0.39 is 0 Å². The average Bonchev–Trinajstić information content (AvgIpc) is 2.53.